The maximum atomic E-state index is 12.8. The van der Waals surface area contributed by atoms with Crippen LogP contribution in [0.4, 0.5) is 0 Å². The third-order valence-corrected chi connectivity index (χ3v) is 7.67. The van der Waals surface area contributed by atoms with Crippen LogP contribution in [-0.4, -0.2) is 67.9 Å². The lowest BCUT2D eigenvalue weighted by atomic mass is 9.97. The van der Waals surface area contributed by atoms with Gasteiger partial charge in [-0.15, -0.1) is 0 Å². The molecule has 0 N–H and O–H groups in total. The Bertz CT molecular complexity index is 520. The number of hydrogen-bond donors (Lipinski definition) is 0. The van der Waals surface area contributed by atoms with Gasteiger partial charge >= 0.3 is 0 Å². The van der Waals surface area contributed by atoms with Crippen molar-refractivity contribution in [3.05, 3.63) is 0 Å². The molecule has 132 valence electrons. The second-order valence-electron chi connectivity index (χ2n) is 7.60. The van der Waals surface area contributed by atoms with E-state index in [1.54, 1.807) is 0 Å². The Labute approximate surface area is 140 Å². The highest BCUT2D eigenvalue weighted by Gasteiger charge is 2.51. The van der Waals surface area contributed by atoms with Gasteiger partial charge in [-0.05, 0) is 32.1 Å². The van der Waals surface area contributed by atoms with E-state index in [-0.39, 0.29) is 5.41 Å². The minimum absolute atomic E-state index is 0.0168. The summed E-state index contributed by atoms with van der Waals surface area (Å²) in [7, 11) is -2.79. The van der Waals surface area contributed by atoms with E-state index >= 15 is 0 Å². The molecule has 0 aromatic rings. The van der Waals surface area contributed by atoms with Gasteiger partial charge in [0.1, 0.15) is 9.84 Å². The fourth-order valence-corrected chi connectivity index (χ4v) is 5.57. The first-order valence-corrected chi connectivity index (χ1v) is 11.0. The highest BCUT2D eigenvalue weighted by molar-refractivity contribution is 7.91. The number of sulfone groups is 1. The standard InChI is InChI=1S/C17H30N2O3S/c1-2-3-6-17(7-8-17)16(20)19-11-9-18(10-12-19)15-4-13-23(21,22)14-5-15/h15H,2-14H2,1H3. The van der Waals surface area contributed by atoms with Gasteiger partial charge in [0, 0.05) is 37.6 Å². The molecule has 1 aliphatic carbocycles. The lowest BCUT2D eigenvalue weighted by Crippen LogP contribution is -2.54. The van der Waals surface area contributed by atoms with Gasteiger partial charge in [0.15, 0.2) is 0 Å². The molecule has 0 spiro atoms. The molecule has 2 saturated heterocycles. The van der Waals surface area contributed by atoms with E-state index in [1.165, 1.54) is 0 Å². The molecule has 6 heteroatoms. The molecule has 2 heterocycles. The van der Waals surface area contributed by atoms with Crippen LogP contribution in [0, 0.1) is 5.41 Å². The van der Waals surface area contributed by atoms with E-state index in [0.717, 1.165) is 71.1 Å². The summed E-state index contributed by atoms with van der Waals surface area (Å²) in [5.74, 6) is 1.05. The van der Waals surface area contributed by atoms with Crippen molar-refractivity contribution in [3.8, 4) is 0 Å². The van der Waals surface area contributed by atoms with Crippen molar-refractivity contribution in [2.75, 3.05) is 37.7 Å². The number of rotatable bonds is 5. The fourth-order valence-electron chi connectivity index (χ4n) is 4.11. The molecule has 0 unspecified atom stereocenters. The molecule has 1 amide bonds. The first-order valence-electron chi connectivity index (χ1n) is 9.20. The summed E-state index contributed by atoms with van der Waals surface area (Å²) in [5.41, 5.74) is -0.0168. The predicted molar refractivity (Wildman–Crippen MR) is 91.0 cm³/mol. The number of carbonyl (C=O) groups excluding carboxylic acids is 1. The number of piperazine rings is 1. The number of nitrogens with zero attached hydrogens (tertiary/aromatic N) is 2. The van der Waals surface area contributed by atoms with Crippen molar-refractivity contribution in [2.45, 2.75) is 57.9 Å². The largest absolute Gasteiger partial charge is 0.340 e. The van der Waals surface area contributed by atoms with E-state index in [0.29, 0.717) is 23.5 Å². The van der Waals surface area contributed by atoms with Crippen molar-refractivity contribution < 1.29 is 13.2 Å². The zero-order valence-corrected chi connectivity index (χ0v) is 15.1. The van der Waals surface area contributed by atoms with E-state index in [4.69, 9.17) is 0 Å². The normalized spacial score (nSPS) is 27.8. The summed E-state index contributed by atoms with van der Waals surface area (Å²) in [4.78, 5) is 17.3. The van der Waals surface area contributed by atoms with Gasteiger partial charge in [0.25, 0.3) is 0 Å². The van der Waals surface area contributed by atoms with Gasteiger partial charge in [-0.3, -0.25) is 9.69 Å². The van der Waals surface area contributed by atoms with E-state index in [1.807, 2.05) is 0 Å². The number of carbonyl (C=O) groups is 1. The average molecular weight is 343 g/mol. The number of hydrogen-bond acceptors (Lipinski definition) is 4. The fraction of sp³-hybridized carbons (Fsp3) is 0.941. The summed E-state index contributed by atoms with van der Waals surface area (Å²) in [6.07, 6.45) is 7.05. The molecule has 0 bridgehead atoms. The van der Waals surface area contributed by atoms with Crippen molar-refractivity contribution in [3.63, 3.8) is 0 Å². The second-order valence-corrected chi connectivity index (χ2v) is 9.90. The Morgan fingerprint density at radius 3 is 2.22 bits per heavy atom. The van der Waals surface area contributed by atoms with Crippen LogP contribution < -0.4 is 0 Å². The van der Waals surface area contributed by atoms with Crippen LogP contribution >= 0.6 is 0 Å². The van der Waals surface area contributed by atoms with Gasteiger partial charge in [-0.25, -0.2) is 8.42 Å². The number of unbranched alkanes of at least 4 members (excludes halogenated alkanes) is 1. The Kier molecular flexibility index (Phi) is 5.02. The van der Waals surface area contributed by atoms with Crippen LogP contribution in [0.25, 0.3) is 0 Å². The van der Waals surface area contributed by atoms with Crippen molar-refractivity contribution in [2.24, 2.45) is 5.41 Å². The molecule has 0 aromatic heterocycles. The third kappa shape index (κ3) is 3.90. The molecular weight excluding hydrogens is 312 g/mol. The van der Waals surface area contributed by atoms with Gasteiger partial charge in [0.2, 0.25) is 5.91 Å². The smallest absolute Gasteiger partial charge is 0.228 e. The lowest BCUT2D eigenvalue weighted by molar-refractivity contribution is -0.139. The molecule has 23 heavy (non-hydrogen) atoms. The highest BCUT2D eigenvalue weighted by Crippen LogP contribution is 2.51. The van der Waals surface area contributed by atoms with E-state index in [2.05, 4.69) is 16.7 Å². The maximum Gasteiger partial charge on any atom is 0.228 e. The quantitative estimate of drug-likeness (QED) is 0.763. The molecule has 3 aliphatic rings. The maximum absolute atomic E-state index is 12.8. The Hall–Kier alpha value is -0.620. The summed E-state index contributed by atoms with van der Waals surface area (Å²) in [6.45, 7) is 5.62. The molecule has 1 saturated carbocycles. The SMILES string of the molecule is CCCCC1(C(=O)N2CCN(C3CCS(=O)(=O)CC3)CC2)CC1. The summed E-state index contributed by atoms with van der Waals surface area (Å²) < 4.78 is 23.1. The van der Waals surface area contributed by atoms with Crippen LogP contribution in [0.1, 0.15) is 51.9 Å². The van der Waals surface area contributed by atoms with Gasteiger partial charge in [0.05, 0.1) is 11.5 Å². The Morgan fingerprint density at radius 1 is 1.09 bits per heavy atom. The Balaban J connectivity index is 1.48. The third-order valence-electron chi connectivity index (χ3n) is 5.96. The van der Waals surface area contributed by atoms with Crippen LogP contribution in [0.2, 0.25) is 0 Å². The van der Waals surface area contributed by atoms with E-state index < -0.39 is 9.84 Å². The molecule has 0 aromatic carbocycles. The Morgan fingerprint density at radius 2 is 1.70 bits per heavy atom. The zero-order chi connectivity index (χ0) is 16.5. The number of amides is 1. The van der Waals surface area contributed by atoms with Crippen molar-refractivity contribution in [1.82, 2.24) is 9.80 Å². The monoisotopic (exact) mass is 342 g/mol. The second kappa shape index (κ2) is 6.71. The average Bonchev–Trinajstić information content (AvgIpc) is 3.34. The molecule has 3 rings (SSSR count). The summed E-state index contributed by atoms with van der Waals surface area (Å²) in [6, 6.07) is 0.394. The topological polar surface area (TPSA) is 57.7 Å². The molecule has 0 atom stereocenters. The minimum atomic E-state index is -2.79. The lowest BCUT2D eigenvalue weighted by Gasteiger charge is -2.41. The molecule has 5 nitrogen and oxygen atoms in total. The minimum Gasteiger partial charge on any atom is -0.340 e. The molecular formula is C17H30N2O3S. The highest BCUT2D eigenvalue weighted by atomic mass is 32.2. The van der Waals surface area contributed by atoms with Gasteiger partial charge in [-0.1, -0.05) is 19.8 Å². The molecule has 2 aliphatic heterocycles. The first-order chi connectivity index (χ1) is 11.0. The zero-order valence-electron chi connectivity index (χ0n) is 14.3. The molecule has 0 radical (unpaired) electrons. The van der Waals surface area contributed by atoms with Crippen molar-refractivity contribution in [1.29, 1.82) is 0 Å². The van der Waals surface area contributed by atoms with Gasteiger partial charge < -0.3 is 4.90 Å². The van der Waals surface area contributed by atoms with Crippen LogP contribution in [0.15, 0.2) is 0 Å². The summed E-state index contributed by atoms with van der Waals surface area (Å²) in [5, 5.41) is 0. The van der Waals surface area contributed by atoms with Gasteiger partial charge in [-0.2, -0.15) is 0 Å². The molecule has 3 fully saturated rings. The van der Waals surface area contributed by atoms with Crippen LogP contribution in [-0.2, 0) is 14.6 Å². The van der Waals surface area contributed by atoms with Crippen LogP contribution in [0.3, 0.4) is 0 Å². The van der Waals surface area contributed by atoms with Crippen molar-refractivity contribution >= 4 is 15.7 Å². The first kappa shape index (κ1) is 17.2. The summed E-state index contributed by atoms with van der Waals surface area (Å²) >= 11 is 0. The van der Waals surface area contributed by atoms with Crippen LogP contribution in [0.5, 0.6) is 0 Å². The van der Waals surface area contributed by atoms with E-state index in [9.17, 15) is 13.2 Å². The predicted octanol–water partition coefficient (Wildman–Crippen LogP) is 1.68.